The highest BCUT2D eigenvalue weighted by atomic mass is 16.5. The third-order valence-electron chi connectivity index (χ3n) is 4.56. The summed E-state index contributed by atoms with van der Waals surface area (Å²) in [6, 6.07) is 18.0. The van der Waals surface area contributed by atoms with Crippen LogP contribution in [0.4, 0.5) is 5.69 Å². The normalized spacial score (nSPS) is 11.0. The van der Waals surface area contributed by atoms with Crippen LogP contribution in [0.3, 0.4) is 0 Å². The Balaban J connectivity index is 1.95. The van der Waals surface area contributed by atoms with Crippen molar-refractivity contribution >= 4 is 17.7 Å². The largest absolute Gasteiger partial charge is 0.497 e. The topological polar surface area (TPSA) is 89.0 Å². The Hall–Kier alpha value is -4.05. The first-order valence-electron chi connectivity index (χ1n) is 8.87. The van der Waals surface area contributed by atoms with Gasteiger partial charge in [-0.05, 0) is 42.8 Å². The van der Waals surface area contributed by atoms with Crippen LogP contribution in [-0.4, -0.2) is 22.4 Å². The fraction of sp³-hybridized carbons (Fsp3) is 0.136. The summed E-state index contributed by atoms with van der Waals surface area (Å²) in [5, 5.41) is 12.0. The molecule has 0 atom stereocenters. The van der Waals surface area contributed by atoms with E-state index in [2.05, 4.69) is 5.32 Å². The molecule has 1 aromatic heterocycles. The molecule has 7 nitrogen and oxygen atoms in total. The number of carbonyl (C=O) groups excluding carboxylic acids is 1. The lowest BCUT2D eigenvalue weighted by Crippen LogP contribution is -2.23. The maximum absolute atomic E-state index is 12.9. The molecule has 0 saturated heterocycles. The molecule has 0 bridgehead atoms. The molecule has 0 aliphatic heterocycles. The van der Waals surface area contributed by atoms with E-state index in [4.69, 9.17) is 4.74 Å². The standard InChI is InChI=1S/C22H20N4O3/c1-15-20(22(28)26(25(15)2)18-9-5-4-6-10-18)24-21(27)17(14-23)12-16-8-7-11-19(13-16)29-3/h4-13H,1-3H3,(H,24,27)/b17-12+. The second-order valence-electron chi connectivity index (χ2n) is 6.34. The molecule has 1 amide bonds. The van der Waals surface area contributed by atoms with Crippen molar-refractivity contribution in [2.75, 3.05) is 12.4 Å². The molecular formula is C22H20N4O3. The monoisotopic (exact) mass is 388 g/mol. The van der Waals surface area contributed by atoms with Crippen molar-refractivity contribution in [2.45, 2.75) is 6.92 Å². The van der Waals surface area contributed by atoms with E-state index in [1.807, 2.05) is 24.3 Å². The van der Waals surface area contributed by atoms with Gasteiger partial charge in [0.25, 0.3) is 11.5 Å². The summed E-state index contributed by atoms with van der Waals surface area (Å²) < 4.78 is 8.27. The number of amides is 1. The van der Waals surface area contributed by atoms with Gasteiger partial charge in [0, 0.05) is 7.05 Å². The lowest BCUT2D eigenvalue weighted by atomic mass is 10.1. The molecule has 146 valence electrons. The predicted octanol–water partition coefficient (Wildman–Crippen LogP) is 3.04. The van der Waals surface area contributed by atoms with Crippen LogP contribution >= 0.6 is 0 Å². The fourth-order valence-electron chi connectivity index (χ4n) is 2.94. The summed E-state index contributed by atoms with van der Waals surface area (Å²) in [6.07, 6.45) is 1.45. The van der Waals surface area contributed by atoms with Crippen molar-refractivity contribution in [3.63, 3.8) is 0 Å². The van der Waals surface area contributed by atoms with Crippen LogP contribution in [0.1, 0.15) is 11.3 Å². The van der Waals surface area contributed by atoms with Crippen LogP contribution in [0.5, 0.6) is 5.75 Å². The Kier molecular flexibility index (Phi) is 5.65. The van der Waals surface area contributed by atoms with E-state index in [1.165, 1.54) is 17.9 Å². The number of aromatic nitrogens is 2. The molecule has 7 heteroatoms. The van der Waals surface area contributed by atoms with Gasteiger partial charge in [0.15, 0.2) is 0 Å². The maximum atomic E-state index is 12.9. The molecule has 3 rings (SSSR count). The van der Waals surface area contributed by atoms with Crippen LogP contribution in [0.15, 0.2) is 65.0 Å². The van der Waals surface area contributed by atoms with E-state index >= 15 is 0 Å². The van der Waals surface area contributed by atoms with Crippen LogP contribution in [-0.2, 0) is 11.8 Å². The minimum Gasteiger partial charge on any atom is -0.497 e. The van der Waals surface area contributed by atoms with Gasteiger partial charge in [-0.2, -0.15) is 5.26 Å². The molecule has 0 fully saturated rings. The molecule has 0 aliphatic carbocycles. The quantitative estimate of drug-likeness (QED) is 0.537. The second-order valence-corrected chi connectivity index (χ2v) is 6.34. The number of ether oxygens (including phenoxy) is 1. The lowest BCUT2D eigenvalue weighted by Gasteiger charge is -2.07. The number of carbonyl (C=O) groups is 1. The molecule has 0 radical (unpaired) electrons. The Morgan fingerprint density at radius 2 is 1.90 bits per heavy atom. The zero-order chi connectivity index (χ0) is 21.0. The number of para-hydroxylation sites is 1. The van der Waals surface area contributed by atoms with Gasteiger partial charge in [0.1, 0.15) is 23.1 Å². The third-order valence-corrected chi connectivity index (χ3v) is 4.56. The summed E-state index contributed by atoms with van der Waals surface area (Å²) >= 11 is 0. The van der Waals surface area contributed by atoms with E-state index in [-0.39, 0.29) is 16.8 Å². The number of hydrogen-bond donors (Lipinski definition) is 1. The molecule has 0 unspecified atom stereocenters. The Morgan fingerprint density at radius 3 is 2.55 bits per heavy atom. The molecule has 1 heterocycles. The summed E-state index contributed by atoms with van der Waals surface area (Å²) in [5.74, 6) is -0.0394. The van der Waals surface area contributed by atoms with Crippen LogP contribution in [0.25, 0.3) is 11.8 Å². The molecule has 0 saturated carbocycles. The van der Waals surface area contributed by atoms with E-state index in [9.17, 15) is 14.9 Å². The van der Waals surface area contributed by atoms with Crippen molar-refractivity contribution in [3.8, 4) is 17.5 Å². The minimum absolute atomic E-state index is 0.118. The van der Waals surface area contributed by atoms with E-state index in [0.29, 0.717) is 22.7 Å². The summed E-state index contributed by atoms with van der Waals surface area (Å²) in [6.45, 7) is 1.73. The van der Waals surface area contributed by atoms with Crippen LogP contribution < -0.4 is 15.6 Å². The lowest BCUT2D eigenvalue weighted by molar-refractivity contribution is -0.112. The highest BCUT2D eigenvalue weighted by Gasteiger charge is 2.19. The molecule has 0 spiro atoms. The zero-order valence-electron chi connectivity index (χ0n) is 16.3. The highest BCUT2D eigenvalue weighted by molar-refractivity contribution is 6.09. The Bertz CT molecular complexity index is 1180. The number of methoxy groups -OCH3 is 1. The number of benzene rings is 2. The van der Waals surface area contributed by atoms with Gasteiger partial charge in [-0.3, -0.25) is 14.3 Å². The average molecular weight is 388 g/mol. The zero-order valence-corrected chi connectivity index (χ0v) is 16.3. The van der Waals surface area contributed by atoms with Crippen molar-refractivity contribution in [2.24, 2.45) is 7.05 Å². The SMILES string of the molecule is COc1cccc(/C=C(\C#N)C(=O)Nc2c(C)n(C)n(-c3ccccc3)c2=O)c1. The van der Waals surface area contributed by atoms with E-state index < -0.39 is 5.91 Å². The minimum atomic E-state index is -0.652. The van der Waals surface area contributed by atoms with E-state index in [0.717, 1.165) is 0 Å². The first-order chi connectivity index (χ1) is 14.0. The molecule has 0 aliphatic rings. The van der Waals surface area contributed by atoms with Crippen molar-refractivity contribution < 1.29 is 9.53 Å². The van der Waals surface area contributed by atoms with Crippen molar-refractivity contribution in [3.05, 3.63) is 81.8 Å². The van der Waals surface area contributed by atoms with Crippen molar-refractivity contribution in [1.29, 1.82) is 5.26 Å². The Labute approximate surface area is 168 Å². The van der Waals surface area contributed by atoms with Gasteiger partial charge in [0.05, 0.1) is 18.5 Å². The smallest absolute Gasteiger partial charge is 0.295 e. The third kappa shape index (κ3) is 3.96. The molecule has 29 heavy (non-hydrogen) atoms. The first kappa shape index (κ1) is 19.7. The van der Waals surface area contributed by atoms with Crippen LogP contribution in [0, 0.1) is 18.3 Å². The molecule has 1 N–H and O–H groups in total. The number of anilines is 1. The fourth-order valence-corrected chi connectivity index (χ4v) is 2.94. The second kappa shape index (κ2) is 8.31. The molecular weight excluding hydrogens is 368 g/mol. The number of hydrogen-bond acceptors (Lipinski definition) is 4. The molecule has 3 aromatic rings. The Morgan fingerprint density at radius 1 is 1.17 bits per heavy atom. The van der Waals surface area contributed by atoms with Gasteiger partial charge >= 0.3 is 0 Å². The van der Waals surface area contributed by atoms with Gasteiger partial charge in [-0.1, -0.05) is 30.3 Å². The average Bonchev–Trinajstić information content (AvgIpc) is 2.95. The van der Waals surface area contributed by atoms with Gasteiger partial charge in [0.2, 0.25) is 0 Å². The number of rotatable bonds is 5. The number of nitriles is 1. The number of nitrogens with zero attached hydrogens (tertiary/aromatic N) is 3. The summed E-state index contributed by atoms with van der Waals surface area (Å²) in [7, 11) is 3.27. The van der Waals surface area contributed by atoms with Crippen LogP contribution in [0.2, 0.25) is 0 Å². The summed E-state index contributed by atoms with van der Waals surface area (Å²) in [4.78, 5) is 25.6. The van der Waals surface area contributed by atoms with Gasteiger partial charge < -0.3 is 10.1 Å². The van der Waals surface area contributed by atoms with Crippen molar-refractivity contribution in [1.82, 2.24) is 9.36 Å². The summed E-state index contributed by atoms with van der Waals surface area (Å²) in [5.41, 5.74) is 1.54. The van der Waals surface area contributed by atoms with E-state index in [1.54, 1.807) is 55.1 Å². The van der Waals surface area contributed by atoms with Gasteiger partial charge in [-0.25, -0.2) is 4.68 Å². The number of nitrogens with one attached hydrogen (secondary N) is 1. The predicted molar refractivity (Wildman–Crippen MR) is 111 cm³/mol. The van der Waals surface area contributed by atoms with Gasteiger partial charge in [-0.15, -0.1) is 0 Å². The molecule has 2 aromatic carbocycles. The highest BCUT2D eigenvalue weighted by Crippen LogP contribution is 2.17. The maximum Gasteiger partial charge on any atom is 0.295 e. The first-order valence-corrected chi connectivity index (χ1v) is 8.87.